The van der Waals surface area contributed by atoms with E-state index in [0.717, 1.165) is 43.5 Å². The Morgan fingerprint density at radius 3 is 2.50 bits per heavy atom. The number of carbonyl (C=O) groups excluding carboxylic acids is 1. The zero-order chi connectivity index (χ0) is 19.8. The summed E-state index contributed by atoms with van der Waals surface area (Å²) in [4.78, 5) is 21.4. The summed E-state index contributed by atoms with van der Waals surface area (Å²) in [5.41, 5.74) is 7.98. The summed E-state index contributed by atoms with van der Waals surface area (Å²) in [5, 5.41) is 0. The molecule has 150 valence electrons. The summed E-state index contributed by atoms with van der Waals surface area (Å²) >= 11 is 0. The molecule has 0 fully saturated rings. The number of hydrogen-bond donors (Lipinski definition) is 0. The first-order valence-corrected chi connectivity index (χ1v) is 13.1. The molecule has 0 radical (unpaired) electrons. The van der Waals surface area contributed by atoms with Gasteiger partial charge in [-0.2, -0.15) is 10.0 Å². The number of nitrogens with zero attached hydrogens (tertiary/aromatic N) is 2. The SMILES string of the molecule is CC1CC2=C(C3=C1N(C)CCC3)S(C)(C)c1c(ccc3c1CCCN3C)C2=O. The van der Waals surface area contributed by atoms with Crippen molar-refractivity contribution in [2.75, 3.05) is 44.6 Å². The molecule has 0 saturated carbocycles. The number of benzene rings is 1. The van der Waals surface area contributed by atoms with Crippen LogP contribution in [0.15, 0.2) is 38.8 Å². The van der Waals surface area contributed by atoms with Gasteiger partial charge in [0.05, 0.1) is 0 Å². The average Bonchev–Trinajstić information content (AvgIpc) is 2.65. The first kappa shape index (κ1) is 18.4. The van der Waals surface area contributed by atoms with Crippen molar-refractivity contribution >= 4 is 21.5 Å². The molecule has 3 aliphatic heterocycles. The first-order chi connectivity index (χ1) is 13.3. The highest BCUT2D eigenvalue weighted by atomic mass is 32.3. The van der Waals surface area contributed by atoms with E-state index < -0.39 is 10.0 Å². The van der Waals surface area contributed by atoms with E-state index in [2.05, 4.69) is 55.5 Å². The number of rotatable bonds is 0. The van der Waals surface area contributed by atoms with Gasteiger partial charge < -0.3 is 9.80 Å². The van der Waals surface area contributed by atoms with Gasteiger partial charge in [0.1, 0.15) is 0 Å². The molecule has 4 aliphatic rings. The highest BCUT2D eigenvalue weighted by Gasteiger charge is 2.44. The van der Waals surface area contributed by atoms with Crippen molar-refractivity contribution in [3.05, 3.63) is 45.0 Å². The third-order valence-electron chi connectivity index (χ3n) is 7.27. The van der Waals surface area contributed by atoms with E-state index >= 15 is 0 Å². The minimum Gasteiger partial charge on any atom is -0.377 e. The Kier molecular flexibility index (Phi) is 4.04. The molecule has 0 aromatic heterocycles. The van der Waals surface area contributed by atoms with E-state index in [1.54, 1.807) is 0 Å². The Labute approximate surface area is 170 Å². The van der Waals surface area contributed by atoms with Crippen molar-refractivity contribution in [3.63, 3.8) is 0 Å². The minimum atomic E-state index is -1.21. The number of ketones is 1. The molecule has 0 saturated heterocycles. The molecule has 1 aromatic rings. The Balaban J connectivity index is 1.78. The van der Waals surface area contributed by atoms with Crippen molar-refractivity contribution in [2.45, 2.75) is 43.9 Å². The Morgan fingerprint density at radius 1 is 1.00 bits per heavy atom. The molecule has 0 N–H and O–H groups in total. The fourth-order valence-electron chi connectivity index (χ4n) is 6.22. The third kappa shape index (κ3) is 2.33. The zero-order valence-corrected chi connectivity index (χ0v) is 18.7. The van der Waals surface area contributed by atoms with Gasteiger partial charge in [-0.3, -0.25) is 4.79 Å². The van der Waals surface area contributed by atoms with Crippen LogP contribution in [0, 0.1) is 5.92 Å². The van der Waals surface area contributed by atoms with E-state index in [1.165, 1.54) is 45.2 Å². The quantitative estimate of drug-likeness (QED) is 0.619. The predicted octanol–water partition coefficient (Wildman–Crippen LogP) is 4.96. The Hall–Kier alpha value is -1.68. The molecule has 1 aromatic carbocycles. The van der Waals surface area contributed by atoms with Gasteiger partial charge in [0.15, 0.2) is 5.78 Å². The van der Waals surface area contributed by atoms with Crippen LogP contribution in [-0.4, -0.2) is 50.4 Å². The molecule has 0 bridgehead atoms. The average molecular weight is 397 g/mol. The summed E-state index contributed by atoms with van der Waals surface area (Å²) in [5.74, 6) is 0.767. The number of anilines is 1. The van der Waals surface area contributed by atoms with Crippen LogP contribution in [0.25, 0.3) is 0 Å². The number of Topliss-reactive ketones (excluding diaryl/α,β-unsaturated/α-hetero) is 1. The molecule has 28 heavy (non-hydrogen) atoms. The second-order valence-electron chi connectivity index (χ2n) is 9.42. The van der Waals surface area contributed by atoms with Crippen molar-refractivity contribution in [3.8, 4) is 0 Å². The fourth-order valence-corrected chi connectivity index (χ4v) is 9.57. The fraction of sp³-hybridized carbons (Fsp3) is 0.542. The minimum absolute atomic E-state index is 0.319. The largest absolute Gasteiger partial charge is 0.377 e. The molecular formula is C24H32N2OS. The van der Waals surface area contributed by atoms with E-state index in [4.69, 9.17) is 0 Å². The summed E-state index contributed by atoms with van der Waals surface area (Å²) in [7, 11) is 3.23. The lowest BCUT2D eigenvalue weighted by molar-refractivity contribution is 0.102. The van der Waals surface area contributed by atoms with E-state index in [1.807, 2.05) is 0 Å². The number of carbonyl (C=O) groups is 1. The van der Waals surface area contributed by atoms with Gasteiger partial charge in [-0.05, 0) is 67.9 Å². The van der Waals surface area contributed by atoms with Crippen molar-refractivity contribution < 1.29 is 4.79 Å². The Bertz CT molecular complexity index is 956. The van der Waals surface area contributed by atoms with Crippen LogP contribution in [-0.2, 0) is 6.42 Å². The maximum Gasteiger partial charge on any atom is 0.191 e. The third-order valence-corrected chi connectivity index (χ3v) is 10.3. The van der Waals surface area contributed by atoms with E-state index in [-0.39, 0.29) is 0 Å². The second-order valence-corrected chi connectivity index (χ2v) is 12.9. The number of hydrogen-bond acceptors (Lipinski definition) is 3. The maximum atomic E-state index is 13.7. The van der Waals surface area contributed by atoms with Gasteiger partial charge in [-0.25, -0.2) is 0 Å². The predicted molar refractivity (Wildman–Crippen MR) is 120 cm³/mol. The summed E-state index contributed by atoms with van der Waals surface area (Å²) in [6.07, 6.45) is 10.4. The second kappa shape index (κ2) is 6.16. The molecule has 1 atom stereocenters. The van der Waals surface area contributed by atoms with Crippen LogP contribution in [0.3, 0.4) is 0 Å². The van der Waals surface area contributed by atoms with Gasteiger partial charge >= 0.3 is 0 Å². The molecule has 3 nitrogen and oxygen atoms in total. The highest BCUT2D eigenvalue weighted by molar-refractivity contribution is 8.36. The summed E-state index contributed by atoms with van der Waals surface area (Å²) < 4.78 is 0. The lowest BCUT2D eigenvalue weighted by Crippen LogP contribution is -2.36. The van der Waals surface area contributed by atoms with Crippen LogP contribution in [0.2, 0.25) is 0 Å². The highest BCUT2D eigenvalue weighted by Crippen LogP contribution is 2.68. The van der Waals surface area contributed by atoms with Gasteiger partial charge in [0.25, 0.3) is 0 Å². The van der Waals surface area contributed by atoms with Crippen LogP contribution in [0.4, 0.5) is 5.69 Å². The maximum absolute atomic E-state index is 13.7. The molecule has 4 heteroatoms. The summed E-state index contributed by atoms with van der Waals surface area (Å²) in [6, 6.07) is 4.34. The topological polar surface area (TPSA) is 23.6 Å². The molecule has 1 aliphatic carbocycles. The standard InChI is InChI=1S/C24H32N2OS/c1-15-14-19-22(27)18-10-11-20-16(8-6-12-25(20)2)23(18)28(4,5)24(19)17-9-7-13-26(3)21(15)17/h10-11,15H,6-9,12-14H2,1-5H3. The molecular weight excluding hydrogens is 364 g/mol. The molecule has 1 unspecified atom stereocenters. The van der Waals surface area contributed by atoms with Gasteiger partial charge in [-0.1, -0.05) is 6.92 Å². The lowest BCUT2D eigenvalue weighted by Gasteiger charge is -2.49. The van der Waals surface area contributed by atoms with Crippen molar-refractivity contribution in [1.29, 1.82) is 0 Å². The first-order valence-electron chi connectivity index (χ1n) is 10.6. The number of allylic oxidation sites excluding steroid dienone is 3. The van der Waals surface area contributed by atoms with E-state index in [9.17, 15) is 4.79 Å². The van der Waals surface area contributed by atoms with Crippen molar-refractivity contribution in [2.24, 2.45) is 5.92 Å². The normalized spacial score (nSPS) is 27.2. The van der Waals surface area contributed by atoms with Gasteiger partial charge in [0, 0.05) is 65.4 Å². The van der Waals surface area contributed by atoms with Crippen LogP contribution in [0.5, 0.6) is 0 Å². The van der Waals surface area contributed by atoms with Crippen molar-refractivity contribution in [1.82, 2.24) is 4.90 Å². The van der Waals surface area contributed by atoms with Crippen LogP contribution >= 0.6 is 10.0 Å². The smallest absolute Gasteiger partial charge is 0.191 e. The molecule has 5 rings (SSSR count). The van der Waals surface area contributed by atoms with Crippen LogP contribution < -0.4 is 4.90 Å². The number of fused-ring (bicyclic) bond motifs is 4. The monoisotopic (exact) mass is 396 g/mol. The molecule has 0 amide bonds. The lowest BCUT2D eigenvalue weighted by atomic mass is 9.81. The Morgan fingerprint density at radius 2 is 1.71 bits per heavy atom. The van der Waals surface area contributed by atoms with Gasteiger partial charge in [0.2, 0.25) is 0 Å². The van der Waals surface area contributed by atoms with E-state index in [0.29, 0.717) is 11.7 Å². The molecule has 0 spiro atoms. The van der Waals surface area contributed by atoms with Gasteiger partial charge in [-0.15, -0.1) is 0 Å². The summed E-state index contributed by atoms with van der Waals surface area (Å²) in [6.45, 7) is 4.57. The zero-order valence-electron chi connectivity index (χ0n) is 17.9. The molecule has 3 heterocycles. The van der Waals surface area contributed by atoms with Crippen LogP contribution in [0.1, 0.15) is 48.5 Å².